The van der Waals surface area contributed by atoms with E-state index in [1.165, 1.54) is 0 Å². The van der Waals surface area contributed by atoms with Gasteiger partial charge >= 0.3 is 0 Å². The Kier molecular flexibility index (Phi) is 5.09. The predicted molar refractivity (Wildman–Crippen MR) is 111 cm³/mol. The zero-order chi connectivity index (χ0) is 21.0. The Morgan fingerprint density at radius 1 is 1.38 bits per heavy atom. The second-order valence-corrected chi connectivity index (χ2v) is 13.1. The summed E-state index contributed by atoms with van der Waals surface area (Å²) in [5.41, 5.74) is 0.0663. The van der Waals surface area contributed by atoms with Gasteiger partial charge in [-0.2, -0.15) is 0 Å². The molecule has 3 N–H and O–H groups in total. The third-order valence-electron chi connectivity index (χ3n) is 6.93. The molecule has 2 fully saturated rings. The number of carbonyl (C=O) groups is 2. The van der Waals surface area contributed by atoms with E-state index < -0.39 is 20.0 Å². The standard InChI is InChI=1S/C21H30N2O5Si/c1-13-19(29(2,3)27)17(11-18(25)23-10-6-7-14(23)12-24)28-21(13)15-8-4-5-9-16(15)22-20(21)26/h4-5,8-9,13-14,17,19,24,27H,6-7,10-12H2,1-3H3,(H,22,26)/t13-,14-,17+,19-,21+/m0/s1. The van der Waals surface area contributed by atoms with Crippen LogP contribution in [-0.4, -0.2) is 60.2 Å². The van der Waals surface area contributed by atoms with Crippen molar-refractivity contribution >= 4 is 25.8 Å². The molecule has 2 amide bonds. The number of fused-ring (bicyclic) bond motifs is 2. The minimum atomic E-state index is -2.75. The molecule has 0 saturated carbocycles. The summed E-state index contributed by atoms with van der Waals surface area (Å²) >= 11 is 0. The Bertz CT molecular complexity index is 826. The molecule has 3 aliphatic heterocycles. The number of rotatable bonds is 4. The van der Waals surface area contributed by atoms with Crippen LogP contribution < -0.4 is 5.32 Å². The summed E-state index contributed by atoms with van der Waals surface area (Å²) in [7, 11) is -2.75. The van der Waals surface area contributed by atoms with Crippen molar-refractivity contribution in [2.45, 2.75) is 62.6 Å². The van der Waals surface area contributed by atoms with Crippen LogP contribution >= 0.6 is 0 Å². The fourth-order valence-electron chi connectivity index (χ4n) is 5.70. The lowest BCUT2D eigenvalue weighted by Gasteiger charge is -2.32. The summed E-state index contributed by atoms with van der Waals surface area (Å²) in [6.45, 7) is 6.23. The first-order valence-electron chi connectivity index (χ1n) is 10.4. The highest BCUT2D eigenvalue weighted by molar-refractivity contribution is 6.71. The fraction of sp³-hybridized carbons (Fsp3) is 0.619. The van der Waals surface area contributed by atoms with Crippen LogP contribution in [0.25, 0.3) is 0 Å². The summed E-state index contributed by atoms with van der Waals surface area (Å²) in [6.07, 6.45) is 1.25. The highest BCUT2D eigenvalue weighted by atomic mass is 28.4. The molecular weight excluding hydrogens is 388 g/mol. The highest BCUT2D eigenvalue weighted by Gasteiger charge is 2.64. The van der Waals surface area contributed by atoms with Gasteiger partial charge in [0.2, 0.25) is 5.91 Å². The number of carbonyl (C=O) groups excluding carboxylic acids is 2. The van der Waals surface area contributed by atoms with Gasteiger partial charge in [-0.25, -0.2) is 0 Å². The van der Waals surface area contributed by atoms with Crippen LogP contribution in [0.3, 0.4) is 0 Å². The number of hydrogen-bond acceptors (Lipinski definition) is 5. The van der Waals surface area contributed by atoms with Gasteiger partial charge in [-0.3, -0.25) is 9.59 Å². The van der Waals surface area contributed by atoms with Crippen molar-refractivity contribution in [3.8, 4) is 0 Å². The summed E-state index contributed by atoms with van der Waals surface area (Å²) in [4.78, 5) is 38.9. The number of nitrogens with zero attached hydrogens (tertiary/aromatic N) is 1. The first kappa shape index (κ1) is 20.5. The number of likely N-dealkylation sites (tertiary alicyclic amines) is 1. The minimum Gasteiger partial charge on any atom is -0.432 e. The zero-order valence-electron chi connectivity index (χ0n) is 17.2. The van der Waals surface area contributed by atoms with Crippen molar-refractivity contribution in [1.29, 1.82) is 0 Å². The van der Waals surface area contributed by atoms with Gasteiger partial charge in [0.05, 0.1) is 25.2 Å². The Balaban J connectivity index is 1.67. The summed E-state index contributed by atoms with van der Waals surface area (Å²) < 4.78 is 6.45. The van der Waals surface area contributed by atoms with E-state index >= 15 is 0 Å². The van der Waals surface area contributed by atoms with Crippen molar-refractivity contribution in [3.05, 3.63) is 29.8 Å². The molecule has 3 heterocycles. The third kappa shape index (κ3) is 3.13. The van der Waals surface area contributed by atoms with Crippen molar-refractivity contribution < 1.29 is 24.2 Å². The monoisotopic (exact) mass is 418 g/mol. The van der Waals surface area contributed by atoms with Crippen LogP contribution in [0.1, 0.15) is 31.7 Å². The molecule has 1 aromatic rings. The summed E-state index contributed by atoms with van der Waals surface area (Å²) in [6, 6.07) is 7.33. The average molecular weight is 419 g/mol. The number of nitrogens with one attached hydrogen (secondary N) is 1. The third-order valence-corrected chi connectivity index (χ3v) is 9.43. The molecule has 1 spiro atoms. The fourth-order valence-corrected chi connectivity index (χ4v) is 8.25. The first-order chi connectivity index (χ1) is 13.7. The number of hydrogen-bond donors (Lipinski definition) is 3. The zero-order valence-corrected chi connectivity index (χ0v) is 18.2. The van der Waals surface area contributed by atoms with E-state index in [0.29, 0.717) is 6.54 Å². The molecule has 1 aromatic carbocycles. The molecule has 0 unspecified atom stereocenters. The molecule has 29 heavy (non-hydrogen) atoms. The first-order valence-corrected chi connectivity index (χ1v) is 13.4. The Morgan fingerprint density at radius 3 is 2.79 bits per heavy atom. The second kappa shape index (κ2) is 7.19. The Morgan fingerprint density at radius 2 is 2.10 bits per heavy atom. The van der Waals surface area contributed by atoms with Gasteiger partial charge in [0.1, 0.15) is 0 Å². The molecule has 4 rings (SSSR count). The van der Waals surface area contributed by atoms with Crippen molar-refractivity contribution in [2.24, 2.45) is 5.92 Å². The van der Waals surface area contributed by atoms with Gasteiger partial charge in [0.15, 0.2) is 13.9 Å². The smallest absolute Gasteiger partial charge is 0.261 e. The molecule has 7 nitrogen and oxygen atoms in total. The molecule has 8 heteroatoms. The SMILES string of the molecule is C[C@H]1[C@H]([Si](C)(C)O)[C@@H](CC(=O)N2CCC[C@H]2CO)O[C@]12C(=O)Nc1ccccc12. The van der Waals surface area contributed by atoms with Crippen LogP contribution in [0.5, 0.6) is 0 Å². The van der Waals surface area contributed by atoms with Gasteiger partial charge in [-0.15, -0.1) is 0 Å². The van der Waals surface area contributed by atoms with Gasteiger partial charge < -0.3 is 24.9 Å². The number of para-hydroxylation sites is 1. The van der Waals surface area contributed by atoms with Gasteiger partial charge in [0, 0.05) is 29.3 Å². The van der Waals surface area contributed by atoms with Gasteiger partial charge in [0.25, 0.3) is 5.91 Å². The highest BCUT2D eigenvalue weighted by Crippen LogP contribution is 2.58. The van der Waals surface area contributed by atoms with E-state index in [0.717, 1.165) is 24.1 Å². The molecule has 3 aliphatic rings. The van der Waals surface area contributed by atoms with E-state index in [2.05, 4.69) is 5.32 Å². The average Bonchev–Trinajstić information content (AvgIpc) is 3.31. The van der Waals surface area contributed by atoms with Crippen LogP contribution in [-0.2, 0) is 19.9 Å². The van der Waals surface area contributed by atoms with E-state index in [1.54, 1.807) is 4.90 Å². The van der Waals surface area contributed by atoms with E-state index in [4.69, 9.17) is 4.74 Å². The summed E-state index contributed by atoms with van der Waals surface area (Å²) in [5, 5.41) is 12.5. The summed E-state index contributed by atoms with van der Waals surface area (Å²) in [5.74, 6) is -0.563. The number of anilines is 1. The molecule has 5 atom stereocenters. The van der Waals surface area contributed by atoms with Gasteiger partial charge in [-0.1, -0.05) is 25.1 Å². The maximum atomic E-state index is 13.1. The minimum absolute atomic E-state index is 0.0446. The largest absolute Gasteiger partial charge is 0.432 e. The van der Waals surface area contributed by atoms with Crippen molar-refractivity contribution in [2.75, 3.05) is 18.5 Å². The Hall–Kier alpha value is -1.74. The molecule has 0 radical (unpaired) electrons. The van der Waals surface area contributed by atoms with Crippen LogP contribution in [0.2, 0.25) is 18.6 Å². The lowest BCUT2D eigenvalue weighted by molar-refractivity contribution is -0.148. The van der Waals surface area contributed by atoms with Crippen LogP contribution in [0, 0.1) is 5.92 Å². The lowest BCUT2D eigenvalue weighted by atomic mass is 9.82. The second-order valence-electron chi connectivity index (χ2n) is 9.13. The molecule has 0 aromatic heterocycles. The number of ether oxygens (including phenoxy) is 1. The molecule has 2 saturated heterocycles. The lowest BCUT2D eigenvalue weighted by Crippen LogP contribution is -2.44. The van der Waals surface area contributed by atoms with Crippen LogP contribution in [0.15, 0.2) is 24.3 Å². The van der Waals surface area contributed by atoms with Crippen LogP contribution in [0.4, 0.5) is 5.69 Å². The molecule has 158 valence electrons. The number of aliphatic hydroxyl groups is 1. The maximum absolute atomic E-state index is 13.1. The normalized spacial score (nSPS) is 34.0. The maximum Gasteiger partial charge on any atom is 0.261 e. The van der Waals surface area contributed by atoms with Crippen molar-refractivity contribution in [1.82, 2.24) is 4.90 Å². The number of benzene rings is 1. The predicted octanol–water partition coefficient (Wildman–Crippen LogP) is 1.81. The number of amides is 2. The molecule has 0 aliphatic carbocycles. The van der Waals surface area contributed by atoms with E-state index in [9.17, 15) is 19.5 Å². The quantitative estimate of drug-likeness (QED) is 0.648. The van der Waals surface area contributed by atoms with Gasteiger partial charge in [-0.05, 0) is 32.0 Å². The molecular formula is C21H30N2O5Si. The van der Waals surface area contributed by atoms with Crippen molar-refractivity contribution in [3.63, 3.8) is 0 Å². The Labute approximate surface area is 172 Å². The molecule has 0 bridgehead atoms. The van der Waals surface area contributed by atoms with E-state index in [1.807, 2.05) is 44.3 Å². The van der Waals surface area contributed by atoms with E-state index in [-0.39, 0.29) is 42.3 Å². The number of aliphatic hydroxyl groups excluding tert-OH is 1. The topological polar surface area (TPSA) is 99.1 Å².